The summed E-state index contributed by atoms with van der Waals surface area (Å²) >= 11 is 17.9. The molecule has 126 valence electrons. The number of nitrogens with one attached hydrogen (secondary N) is 2. The second-order valence-electron chi connectivity index (χ2n) is 5.01. The van der Waals surface area contributed by atoms with Crippen molar-refractivity contribution in [2.45, 2.75) is 0 Å². The van der Waals surface area contributed by atoms with Gasteiger partial charge in [0.2, 0.25) is 0 Å². The maximum absolute atomic E-state index is 12.1. The lowest BCUT2D eigenvalue weighted by Gasteiger charge is -2.00. The quantitative estimate of drug-likeness (QED) is 0.494. The standard InChI is InChI=1S/C17H11Cl3N4O/c18-11-6-4-10(5-7-11)15-8-16(23-22-15)17(25)24-21-9-12-13(19)2-1-3-14(12)20/h1-9H,(H,22,23)(H,24,25)/b21-9-. The van der Waals surface area contributed by atoms with Gasteiger partial charge < -0.3 is 0 Å². The van der Waals surface area contributed by atoms with E-state index in [1.165, 1.54) is 6.21 Å². The topological polar surface area (TPSA) is 70.1 Å². The summed E-state index contributed by atoms with van der Waals surface area (Å²) < 4.78 is 0. The summed E-state index contributed by atoms with van der Waals surface area (Å²) in [6, 6.07) is 13.9. The molecular formula is C17H11Cl3N4O. The van der Waals surface area contributed by atoms with Crippen LogP contribution in [-0.2, 0) is 0 Å². The number of aromatic amines is 1. The number of aromatic nitrogens is 2. The SMILES string of the molecule is O=C(N/N=C\c1c(Cl)cccc1Cl)c1cc(-c2ccc(Cl)cc2)n[nH]1. The molecule has 1 amide bonds. The van der Waals surface area contributed by atoms with Gasteiger partial charge >= 0.3 is 0 Å². The van der Waals surface area contributed by atoms with Crippen LogP contribution in [0, 0.1) is 0 Å². The van der Waals surface area contributed by atoms with Crippen molar-refractivity contribution in [3.8, 4) is 11.3 Å². The van der Waals surface area contributed by atoms with Gasteiger partial charge in [0.15, 0.2) is 0 Å². The fraction of sp³-hybridized carbons (Fsp3) is 0. The average Bonchev–Trinajstić information content (AvgIpc) is 3.08. The van der Waals surface area contributed by atoms with Gasteiger partial charge in [-0.3, -0.25) is 9.89 Å². The smallest absolute Gasteiger partial charge is 0.272 e. The molecule has 1 heterocycles. The number of carbonyl (C=O) groups is 1. The van der Waals surface area contributed by atoms with Crippen LogP contribution >= 0.6 is 34.8 Å². The van der Waals surface area contributed by atoms with E-state index in [2.05, 4.69) is 20.7 Å². The lowest BCUT2D eigenvalue weighted by Crippen LogP contribution is -2.18. The third kappa shape index (κ3) is 4.20. The van der Waals surface area contributed by atoms with Crippen molar-refractivity contribution in [1.29, 1.82) is 0 Å². The van der Waals surface area contributed by atoms with Crippen molar-refractivity contribution in [3.05, 3.63) is 74.9 Å². The van der Waals surface area contributed by atoms with Crippen LogP contribution in [0.1, 0.15) is 16.1 Å². The van der Waals surface area contributed by atoms with E-state index < -0.39 is 5.91 Å². The lowest BCUT2D eigenvalue weighted by molar-refractivity contribution is 0.0950. The highest BCUT2D eigenvalue weighted by Gasteiger charge is 2.10. The van der Waals surface area contributed by atoms with Crippen molar-refractivity contribution in [2.75, 3.05) is 0 Å². The Hall–Kier alpha value is -2.34. The number of rotatable bonds is 4. The molecule has 5 nitrogen and oxygen atoms in total. The summed E-state index contributed by atoms with van der Waals surface area (Å²) in [6.45, 7) is 0. The molecule has 0 aliphatic heterocycles. The summed E-state index contributed by atoms with van der Waals surface area (Å²) in [7, 11) is 0. The zero-order valence-electron chi connectivity index (χ0n) is 12.6. The van der Waals surface area contributed by atoms with Crippen molar-refractivity contribution in [3.63, 3.8) is 0 Å². The van der Waals surface area contributed by atoms with Crippen LogP contribution in [0.2, 0.25) is 15.1 Å². The number of carbonyl (C=O) groups excluding carboxylic acids is 1. The first-order valence-electron chi connectivity index (χ1n) is 7.13. The van der Waals surface area contributed by atoms with Gasteiger partial charge in [-0.1, -0.05) is 53.0 Å². The first kappa shape index (κ1) is 17.5. The molecule has 1 aromatic heterocycles. The molecule has 0 aliphatic rings. The average molecular weight is 394 g/mol. The Morgan fingerprint density at radius 1 is 1.08 bits per heavy atom. The third-order valence-electron chi connectivity index (χ3n) is 3.32. The van der Waals surface area contributed by atoms with E-state index in [4.69, 9.17) is 34.8 Å². The molecular weight excluding hydrogens is 383 g/mol. The molecule has 3 rings (SSSR count). The number of hydrogen-bond donors (Lipinski definition) is 2. The Kier molecular flexibility index (Phi) is 5.38. The zero-order chi connectivity index (χ0) is 17.8. The highest BCUT2D eigenvalue weighted by atomic mass is 35.5. The molecule has 2 aromatic carbocycles. The fourth-order valence-corrected chi connectivity index (χ4v) is 2.68. The number of benzene rings is 2. The molecule has 0 bridgehead atoms. The van der Waals surface area contributed by atoms with Crippen LogP contribution in [0.4, 0.5) is 0 Å². The molecule has 0 aliphatic carbocycles. The number of halogens is 3. The van der Waals surface area contributed by atoms with E-state index in [9.17, 15) is 4.79 Å². The Morgan fingerprint density at radius 3 is 2.44 bits per heavy atom. The molecule has 0 spiro atoms. The van der Waals surface area contributed by atoms with Gasteiger partial charge in [0.05, 0.1) is 22.0 Å². The molecule has 0 atom stereocenters. The maximum Gasteiger partial charge on any atom is 0.289 e. The van der Waals surface area contributed by atoms with Crippen molar-refractivity contribution in [1.82, 2.24) is 15.6 Å². The first-order valence-corrected chi connectivity index (χ1v) is 8.27. The highest BCUT2D eigenvalue weighted by molar-refractivity contribution is 6.38. The van der Waals surface area contributed by atoms with Gasteiger partial charge in [0, 0.05) is 16.1 Å². The fourth-order valence-electron chi connectivity index (χ4n) is 2.06. The minimum Gasteiger partial charge on any atom is -0.272 e. The molecule has 0 saturated carbocycles. The summed E-state index contributed by atoms with van der Waals surface area (Å²) in [4.78, 5) is 12.1. The van der Waals surface area contributed by atoms with E-state index in [0.717, 1.165) is 5.56 Å². The molecule has 8 heteroatoms. The monoisotopic (exact) mass is 392 g/mol. The van der Waals surface area contributed by atoms with Crippen LogP contribution in [0.15, 0.2) is 53.6 Å². The second kappa shape index (κ2) is 7.70. The number of H-pyrrole nitrogens is 1. The van der Waals surface area contributed by atoms with Crippen LogP contribution in [0.3, 0.4) is 0 Å². The Balaban J connectivity index is 1.70. The summed E-state index contributed by atoms with van der Waals surface area (Å²) in [6.07, 6.45) is 1.39. The summed E-state index contributed by atoms with van der Waals surface area (Å²) in [5.74, 6) is -0.438. The largest absolute Gasteiger partial charge is 0.289 e. The van der Waals surface area contributed by atoms with Crippen molar-refractivity contribution < 1.29 is 4.79 Å². The van der Waals surface area contributed by atoms with E-state index in [0.29, 0.717) is 26.3 Å². The van der Waals surface area contributed by atoms with Gasteiger partial charge in [0.25, 0.3) is 5.91 Å². The van der Waals surface area contributed by atoms with E-state index in [1.54, 1.807) is 36.4 Å². The van der Waals surface area contributed by atoms with Gasteiger partial charge in [-0.05, 0) is 30.3 Å². The molecule has 2 N–H and O–H groups in total. The van der Waals surface area contributed by atoms with E-state index in [1.807, 2.05) is 12.1 Å². The van der Waals surface area contributed by atoms with E-state index in [-0.39, 0.29) is 5.69 Å². The molecule has 0 radical (unpaired) electrons. The van der Waals surface area contributed by atoms with Gasteiger partial charge in [-0.25, -0.2) is 5.43 Å². The summed E-state index contributed by atoms with van der Waals surface area (Å²) in [5.41, 5.74) is 4.66. The molecule has 25 heavy (non-hydrogen) atoms. The molecule has 3 aromatic rings. The Bertz CT molecular complexity index is 915. The second-order valence-corrected chi connectivity index (χ2v) is 6.26. The highest BCUT2D eigenvalue weighted by Crippen LogP contribution is 2.22. The van der Waals surface area contributed by atoms with Crippen LogP contribution in [0.5, 0.6) is 0 Å². The molecule has 0 fully saturated rings. The maximum atomic E-state index is 12.1. The third-order valence-corrected chi connectivity index (χ3v) is 4.23. The number of hydrogen-bond acceptors (Lipinski definition) is 3. The van der Waals surface area contributed by atoms with Crippen LogP contribution in [-0.4, -0.2) is 22.3 Å². The van der Waals surface area contributed by atoms with Gasteiger partial charge in [-0.2, -0.15) is 10.2 Å². The zero-order valence-corrected chi connectivity index (χ0v) is 14.9. The number of nitrogens with zero attached hydrogens (tertiary/aromatic N) is 2. The van der Waals surface area contributed by atoms with E-state index >= 15 is 0 Å². The van der Waals surface area contributed by atoms with Crippen molar-refractivity contribution >= 4 is 46.9 Å². The van der Waals surface area contributed by atoms with Gasteiger partial charge in [0.1, 0.15) is 5.69 Å². The predicted molar refractivity (Wildman–Crippen MR) is 101 cm³/mol. The Morgan fingerprint density at radius 2 is 1.76 bits per heavy atom. The molecule has 0 saturated heterocycles. The lowest BCUT2D eigenvalue weighted by atomic mass is 10.1. The van der Waals surface area contributed by atoms with Crippen LogP contribution in [0.25, 0.3) is 11.3 Å². The normalized spacial score (nSPS) is 11.0. The number of hydrazone groups is 1. The predicted octanol–water partition coefficient (Wildman–Crippen LogP) is 4.80. The molecule has 0 unspecified atom stereocenters. The Labute approximate surface area is 158 Å². The number of amides is 1. The van der Waals surface area contributed by atoms with Crippen molar-refractivity contribution in [2.24, 2.45) is 5.10 Å². The van der Waals surface area contributed by atoms with Crippen LogP contribution < -0.4 is 5.43 Å². The minimum absolute atomic E-state index is 0.271. The first-order chi connectivity index (χ1) is 12.0. The van der Waals surface area contributed by atoms with Gasteiger partial charge in [-0.15, -0.1) is 0 Å². The summed E-state index contributed by atoms with van der Waals surface area (Å²) in [5, 5.41) is 12.2. The minimum atomic E-state index is -0.438.